The second kappa shape index (κ2) is 14.8. The smallest absolute Gasteiger partial charge is 0.778 e. The van der Waals surface area contributed by atoms with Crippen molar-refractivity contribution < 1.29 is 33.7 Å². The Morgan fingerprint density at radius 1 is 0.425 bits per heavy atom. The predicted molar refractivity (Wildman–Crippen MR) is 162 cm³/mol. The fraction of sp³-hybridized carbons (Fsp3) is 0.100. The molecule has 0 aliphatic rings. The van der Waals surface area contributed by atoms with Gasteiger partial charge in [-0.25, -0.2) is 15.0 Å². The van der Waals surface area contributed by atoms with E-state index in [4.69, 9.17) is 52.1 Å². The first-order valence-electron chi connectivity index (χ1n) is 11.8. The molecule has 0 N–H and O–H groups in total. The Morgan fingerprint density at radius 2 is 0.700 bits per heavy atom. The molecular formula is C30H24N3O3RhS3. The van der Waals surface area contributed by atoms with E-state index in [2.05, 4.69) is 15.0 Å². The van der Waals surface area contributed by atoms with Crippen LogP contribution in [0.1, 0.15) is 0 Å². The van der Waals surface area contributed by atoms with Gasteiger partial charge in [-0.05, 0) is 34.4 Å². The maximum atomic E-state index is 5.14. The zero-order valence-electron chi connectivity index (χ0n) is 21.8. The van der Waals surface area contributed by atoms with Gasteiger partial charge in [-0.2, -0.15) is 0 Å². The van der Waals surface area contributed by atoms with Crippen LogP contribution in [0.2, 0.25) is 0 Å². The van der Waals surface area contributed by atoms with Crippen molar-refractivity contribution in [2.45, 2.75) is 14.7 Å². The number of methoxy groups -OCH3 is 3. The minimum absolute atomic E-state index is 0. The van der Waals surface area contributed by atoms with Crippen LogP contribution in [-0.4, -0.2) is 36.3 Å². The monoisotopic (exact) mass is 673 g/mol. The van der Waals surface area contributed by atoms with Crippen molar-refractivity contribution in [1.29, 1.82) is 0 Å². The van der Waals surface area contributed by atoms with E-state index in [1.165, 1.54) is 0 Å². The van der Waals surface area contributed by atoms with E-state index in [0.717, 1.165) is 47.4 Å². The maximum absolute atomic E-state index is 5.14. The minimum Gasteiger partial charge on any atom is -0.778 e. The largest absolute Gasteiger partial charge is 3.00 e. The Morgan fingerprint density at radius 3 is 0.950 bits per heavy atom. The van der Waals surface area contributed by atoms with E-state index >= 15 is 0 Å². The van der Waals surface area contributed by atoms with Crippen LogP contribution in [0.4, 0.5) is 0 Å². The summed E-state index contributed by atoms with van der Waals surface area (Å²) < 4.78 is 15.1. The number of nitrogens with zero attached hydrogens (tertiary/aromatic N) is 3. The summed E-state index contributed by atoms with van der Waals surface area (Å²) in [5, 5.41) is 3.15. The van der Waals surface area contributed by atoms with Crippen LogP contribution < -0.4 is 14.2 Å². The number of ether oxygens (including phenoxy) is 3. The van der Waals surface area contributed by atoms with E-state index in [1.807, 2.05) is 91.0 Å². The Balaban J connectivity index is 0.000000163. The van der Waals surface area contributed by atoms with Crippen LogP contribution in [0.15, 0.2) is 106 Å². The Labute approximate surface area is 262 Å². The first-order chi connectivity index (χ1) is 18.9. The Hall–Kier alpha value is -3.43. The summed E-state index contributed by atoms with van der Waals surface area (Å²) in [5.74, 6) is 1.81. The molecule has 6 nitrogen and oxygen atoms in total. The number of para-hydroxylation sites is 3. The third kappa shape index (κ3) is 7.61. The van der Waals surface area contributed by atoms with Crippen LogP contribution in [0.5, 0.6) is 17.6 Å². The number of aromatic nitrogens is 3. The van der Waals surface area contributed by atoms with Gasteiger partial charge in [-0.15, -0.1) is 14.7 Å². The van der Waals surface area contributed by atoms with Gasteiger partial charge < -0.3 is 52.1 Å². The van der Waals surface area contributed by atoms with Crippen LogP contribution >= 0.6 is 0 Å². The third-order valence-electron chi connectivity index (χ3n) is 5.60. The molecule has 3 aromatic carbocycles. The number of hydrogen-bond acceptors (Lipinski definition) is 9. The van der Waals surface area contributed by atoms with E-state index < -0.39 is 0 Å². The summed E-state index contributed by atoms with van der Waals surface area (Å²) in [6.45, 7) is 0. The number of fused-ring (bicyclic) bond motifs is 3. The van der Waals surface area contributed by atoms with Gasteiger partial charge in [0.25, 0.3) is 0 Å². The van der Waals surface area contributed by atoms with Crippen molar-refractivity contribution in [3.8, 4) is 17.6 Å². The van der Waals surface area contributed by atoms with Crippen molar-refractivity contribution in [1.82, 2.24) is 15.0 Å². The first-order valence-corrected chi connectivity index (χ1v) is 13.0. The molecule has 0 amide bonds. The van der Waals surface area contributed by atoms with E-state index in [0.29, 0.717) is 17.6 Å². The van der Waals surface area contributed by atoms with Gasteiger partial charge >= 0.3 is 19.5 Å². The van der Waals surface area contributed by atoms with Crippen LogP contribution in [0, 0.1) is 0 Å². The van der Waals surface area contributed by atoms with Gasteiger partial charge in [-0.1, -0.05) is 54.6 Å². The maximum Gasteiger partial charge on any atom is 3.00 e. The zero-order valence-corrected chi connectivity index (χ0v) is 25.9. The van der Waals surface area contributed by atoms with Crippen molar-refractivity contribution in [3.63, 3.8) is 0 Å². The van der Waals surface area contributed by atoms with Crippen molar-refractivity contribution >= 4 is 70.6 Å². The molecule has 0 bridgehead atoms. The van der Waals surface area contributed by atoms with Crippen molar-refractivity contribution in [3.05, 3.63) is 91.0 Å². The molecule has 0 atom stereocenters. The molecule has 6 aromatic rings. The molecule has 10 heteroatoms. The third-order valence-corrected chi connectivity index (χ3v) is 6.59. The van der Waals surface area contributed by atoms with Crippen LogP contribution in [0.3, 0.4) is 0 Å². The average molecular weight is 674 g/mol. The van der Waals surface area contributed by atoms with E-state index in [9.17, 15) is 0 Å². The fourth-order valence-electron chi connectivity index (χ4n) is 3.65. The van der Waals surface area contributed by atoms with Gasteiger partial charge in [0.15, 0.2) is 0 Å². The number of rotatable bonds is 3. The average Bonchev–Trinajstić information content (AvgIpc) is 2.98. The second-order valence-corrected chi connectivity index (χ2v) is 9.36. The van der Waals surface area contributed by atoms with Crippen molar-refractivity contribution in [2.24, 2.45) is 0 Å². The SMILES string of the molecule is COc1ccc2cccc([S-])c2n1.COc1ccc2cccc([S-])c2n1.COc1ccc2cccc([S-])c2n1.[Rh+3]. The van der Waals surface area contributed by atoms with Crippen LogP contribution in [0.25, 0.3) is 32.7 Å². The topological polar surface area (TPSA) is 66.4 Å². The molecule has 0 saturated heterocycles. The summed E-state index contributed by atoms with van der Waals surface area (Å²) in [7, 11) is 4.79. The molecule has 0 aliphatic carbocycles. The van der Waals surface area contributed by atoms with Gasteiger partial charge in [0, 0.05) is 18.2 Å². The molecule has 6 rings (SSSR count). The fourth-order valence-corrected chi connectivity index (χ4v) is 4.37. The Bertz CT molecular complexity index is 1540. The molecule has 3 aromatic heterocycles. The number of hydrogen-bond donors (Lipinski definition) is 0. The number of benzene rings is 3. The summed E-state index contributed by atoms with van der Waals surface area (Å²) in [4.78, 5) is 15.1. The molecule has 0 fully saturated rings. The molecule has 40 heavy (non-hydrogen) atoms. The van der Waals surface area contributed by atoms with Crippen molar-refractivity contribution in [2.75, 3.05) is 21.3 Å². The molecular weight excluding hydrogens is 649 g/mol. The predicted octanol–water partition coefficient (Wildman–Crippen LogP) is 6.45. The molecule has 0 spiro atoms. The number of pyridine rings is 3. The Kier molecular flexibility index (Phi) is 11.5. The summed E-state index contributed by atoms with van der Waals surface area (Å²) >= 11 is 15.4. The summed E-state index contributed by atoms with van der Waals surface area (Å²) in [5.41, 5.74) is 2.49. The van der Waals surface area contributed by atoms with E-state index in [1.54, 1.807) is 21.3 Å². The zero-order chi connectivity index (χ0) is 27.8. The molecule has 0 aliphatic heterocycles. The normalized spacial score (nSPS) is 9.97. The first kappa shape index (κ1) is 31.1. The molecule has 204 valence electrons. The van der Waals surface area contributed by atoms with Gasteiger partial charge in [0.2, 0.25) is 17.6 Å². The van der Waals surface area contributed by atoms with Gasteiger partial charge in [-0.3, -0.25) is 0 Å². The standard InChI is InChI=1S/3C10H9NOS.Rh/c3*1-12-9-6-5-7-3-2-4-8(13)10(7)11-9;/h3*2-6,13H,1H3;/q;;;+3/p-3. The molecule has 0 radical (unpaired) electrons. The molecule has 3 heterocycles. The quantitative estimate of drug-likeness (QED) is 0.156. The minimum atomic E-state index is 0. The van der Waals surface area contributed by atoms with E-state index in [-0.39, 0.29) is 19.5 Å². The molecule has 0 unspecified atom stereocenters. The summed E-state index contributed by atoms with van der Waals surface area (Å²) in [6, 6.07) is 28.7. The van der Waals surface area contributed by atoms with Crippen LogP contribution in [-0.2, 0) is 57.4 Å². The summed E-state index contributed by atoms with van der Waals surface area (Å²) in [6.07, 6.45) is 0. The molecule has 0 saturated carbocycles. The van der Waals surface area contributed by atoms with Gasteiger partial charge in [0.1, 0.15) is 0 Å². The second-order valence-electron chi connectivity index (χ2n) is 8.04. The van der Waals surface area contributed by atoms with Gasteiger partial charge in [0.05, 0.1) is 37.9 Å².